The maximum Gasteiger partial charge on any atom is 0.407 e. The van der Waals surface area contributed by atoms with Crippen molar-refractivity contribution in [2.45, 2.75) is 65.6 Å². The van der Waals surface area contributed by atoms with Crippen LogP contribution in [-0.2, 0) is 9.53 Å². The molecule has 0 spiro atoms. The number of hydrogen-bond acceptors (Lipinski definition) is 4. The van der Waals surface area contributed by atoms with Gasteiger partial charge in [-0.2, -0.15) is 0 Å². The van der Waals surface area contributed by atoms with Crippen molar-refractivity contribution in [3.63, 3.8) is 0 Å². The average Bonchev–Trinajstić information content (AvgIpc) is 3.14. The van der Waals surface area contributed by atoms with Crippen molar-refractivity contribution in [2.24, 2.45) is 11.8 Å². The normalized spacial score (nSPS) is 18.5. The van der Waals surface area contributed by atoms with E-state index >= 15 is 0 Å². The van der Waals surface area contributed by atoms with Crippen LogP contribution in [0.3, 0.4) is 0 Å². The maximum absolute atomic E-state index is 13.1. The summed E-state index contributed by atoms with van der Waals surface area (Å²) < 4.78 is 18.4. The second-order valence-electron chi connectivity index (χ2n) is 9.47. The summed E-state index contributed by atoms with van der Waals surface area (Å²) in [4.78, 5) is 39.4. The second kappa shape index (κ2) is 10.1. The Kier molecular flexibility index (Phi) is 8.03. The molecule has 8 heteroatoms. The molecule has 2 rings (SSSR count). The number of rotatable bonds is 6. The zero-order valence-electron chi connectivity index (χ0n) is 19.2. The zero-order chi connectivity index (χ0) is 23.3. The molecule has 1 saturated heterocycles. The van der Waals surface area contributed by atoms with Gasteiger partial charge in [0, 0.05) is 24.7 Å². The van der Waals surface area contributed by atoms with E-state index in [0.29, 0.717) is 18.7 Å². The predicted octanol–water partition coefficient (Wildman–Crippen LogP) is 3.34. The Labute approximate surface area is 183 Å². The molecule has 31 heavy (non-hydrogen) atoms. The van der Waals surface area contributed by atoms with Gasteiger partial charge in [0.15, 0.2) is 0 Å². The minimum atomic E-state index is -0.689. The molecular weight excluding hydrogens is 401 g/mol. The van der Waals surface area contributed by atoms with E-state index in [-0.39, 0.29) is 23.8 Å². The largest absolute Gasteiger partial charge is 0.444 e. The number of halogens is 1. The smallest absolute Gasteiger partial charge is 0.407 e. The van der Waals surface area contributed by atoms with Crippen LogP contribution in [0, 0.1) is 17.7 Å². The van der Waals surface area contributed by atoms with Gasteiger partial charge in [0.05, 0.1) is 0 Å². The average molecular weight is 436 g/mol. The SMILES string of the molecule is CC(C)[C@H](NC(=O)c1ccc(F)cc1)C(=O)N1CC[C@H]([C@H](C)NC(=O)OC(C)(C)C)C1. The molecule has 0 bridgehead atoms. The molecule has 0 saturated carbocycles. The van der Waals surface area contributed by atoms with Crippen LogP contribution >= 0.6 is 0 Å². The summed E-state index contributed by atoms with van der Waals surface area (Å²) in [5.74, 6) is -1.02. The van der Waals surface area contributed by atoms with E-state index in [1.807, 2.05) is 20.8 Å². The lowest BCUT2D eigenvalue weighted by molar-refractivity contribution is -0.133. The van der Waals surface area contributed by atoms with Crippen LogP contribution in [0.15, 0.2) is 24.3 Å². The highest BCUT2D eigenvalue weighted by molar-refractivity contribution is 5.97. The third-order valence-corrected chi connectivity index (χ3v) is 5.31. The summed E-state index contributed by atoms with van der Waals surface area (Å²) in [7, 11) is 0. The number of hydrogen-bond donors (Lipinski definition) is 2. The van der Waals surface area contributed by atoms with Crippen molar-refractivity contribution in [1.29, 1.82) is 0 Å². The zero-order valence-corrected chi connectivity index (χ0v) is 19.2. The molecule has 1 heterocycles. The first-order chi connectivity index (χ1) is 14.4. The first-order valence-corrected chi connectivity index (χ1v) is 10.7. The molecule has 1 aromatic rings. The van der Waals surface area contributed by atoms with Crippen molar-refractivity contribution in [3.8, 4) is 0 Å². The summed E-state index contributed by atoms with van der Waals surface area (Å²) in [6.07, 6.45) is 0.274. The molecule has 0 aromatic heterocycles. The van der Waals surface area contributed by atoms with Crippen LogP contribution < -0.4 is 10.6 Å². The Morgan fingerprint density at radius 3 is 2.26 bits per heavy atom. The summed E-state index contributed by atoms with van der Waals surface area (Å²) >= 11 is 0. The number of carbonyl (C=O) groups excluding carboxylic acids is 3. The first-order valence-electron chi connectivity index (χ1n) is 10.7. The van der Waals surface area contributed by atoms with Gasteiger partial charge in [-0.25, -0.2) is 9.18 Å². The van der Waals surface area contributed by atoms with Gasteiger partial charge in [0.1, 0.15) is 17.5 Å². The fraction of sp³-hybridized carbons (Fsp3) is 0.609. The standard InChI is InChI=1S/C23H34FN3O4/c1-14(2)19(26-20(28)16-7-9-18(24)10-8-16)21(29)27-12-11-17(13-27)15(3)25-22(30)31-23(4,5)6/h7-10,14-15,17,19H,11-13H2,1-6H3,(H,25,30)(H,26,28)/t15-,17-,19-/m0/s1. The highest BCUT2D eigenvalue weighted by atomic mass is 19.1. The van der Waals surface area contributed by atoms with Gasteiger partial charge in [-0.3, -0.25) is 9.59 Å². The number of alkyl carbamates (subject to hydrolysis) is 1. The molecule has 3 atom stereocenters. The molecule has 1 aliphatic rings. The lowest BCUT2D eigenvalue weighted by Gasteiger charge is -2.28. The molecule has 1 aliphatic heterocycles. The van der Waals surface area contributed by atoms with Gasteiger partial charge in [0.25, 0.3) is 5.91 Å². The Bertz CT molecular complexity index is 789. The van der Waals surface area contributed by atoms with Crippen LogP contribution in [0.4, 0.5) is 9.18 Å². The molecule has 0 radical (unpaired) electrons. The van der Waals surface area contributed by atoms with Crippen LogP contribution in [0.1, 0.15) is 58.3 Å². The number of amides is 3. The van der Waals surface area contributed by atoms with Crippen LogP contribution in [0.25, 0.3) is 0 Å². The highest BCUT2D eigenvalue weighted by Crippen LogP contribution is 2.22. The van der Waals surface area contributed by atoms with Gasteiger partial charge in [-0.15, -0.1) is 0 Å². The molecule has 3 amide bonds. The number of ether oxygens (including phenoxy) is 1. The summed E-state index contributed by atoms with van der Waals surface area (Å²) in [5.41, 5.74) is -0.274. The topological polar surface area (TPSA) is 87.7 Å². The minimum absolute atomic E-state index is 0.0945. The molecule has 0 unspecified atom stereocenters. The van der Waals surface area contributed by atoms with Crippen molar-refractivity contribution in [1.82, 2.24) is 15.5 Å². The van der Waals surface area contributed by atoms with E-state index in [0.717, 1.165) is 6.42 Å². The Morgan fingerprint density at radius 2 is 1.71 bits per heavy atom. The molecule has 172 valence electrons. The number of likely N-dealkylation sites (tertiary alicyclic amines) is 1. The van der Waals surface area contributed by atoms with Crippen LogP contribution in [0.2, 0.25) is 0 Å². The number of nitrogens with zero attached hydrogens (tertiary/aromatic N) is 1. The quantitative estimate of drug-likeness (QED) is 0.717. The lowest BCUT2D eigenvalue weighted by Crippen LogP contribution is -2.51. The fourth-order valence-electron chi connectivity index (χ4n) is 3.54. The van der Waals surface area contributed by atoms with Crippen molar-refractivity contribution in [2.75, 3.05) is 13.1 Å². The predicted molar refractivity (Wildman–Crippen MR) is 116 cm³/mol. The molecule has 1 fully saturated rings. The van der Waals surface area contributed by atoms with Crippen molar-refractivity contribution >= 4 is 17.9 Å². The lowest BCUT2D eigenvalue weighted by atomic mass is 10.0. The Morgan fingerprint density at radius 1 is 1.10 bits per heavy atom. The minimum Gasteiger partial charge on any atom is -0.444 e. The maximum atomic E-state index is 13.1. The number of carbonyl (C=O) groups is 3. The fourth-order valence-corrected chi connectivity index (χ4v) is 3.54. The van der Waals surface area contributed by atoms with Crippen molar-refractivity contribution < 1.29 is 23.5 Å². The molecule has 1 aromatic carbocycles. The van der Waals surface area contributed by atoms with Crippen molar-refractivity contribution in [3.05, 3.63) is 35.6 Å². The van der Waals surface area contributed by atoms with E-state index < -0.39 is 29.5 Å². The molecule has 0 aliphatic carbocycles. The molecule has 7 nitrogen and oxygen atoms in total. The van der Waals surface area contributed by atoms with E-state index in [1.54, 1.807) is 25.7 Å². The van der Waals surface area contributed by atoms with E-state index in [4.69, 9.17) is 4.74 Å². The second-order valence-corrected chi connectivity index (χ2v) is 9.47. The first kappa shape index (κ1) is 24.6. The third-order valence-electron chi connectivity index (χ3n) is 5.31. The Hall–Kier alpha value is -2.64. The highest BCUT2D eigenvalue weighted by Gasteiger charge is 2.36. The van der Waals surface area contributed by atoms with E-state index in [9.17, 15) is 18.8 Å². The van der Waals surface area contributed by atoms with Gasteiger partial charge >= 0.3 is 6.09 Å². The van der Waals surface area contributed by atoms with Gasteiger partial charge in [0.2, 0.25) is 5.91 Å². The third kappa shape index (κ3) is 7.22. The summed E-state index contributed by atoms with van der Waals surface area (Å²) in [6.45, 7) is 12.1. The van der Waals surface area contributed by atoms with Crippen LogP contribution in [-0.4, -0.2) is 53.6 Å². The van der Waals surface area contributed by atoms with Crippen LogP contribution in [0.5, 0.6) is 0 Å². The monoisotopic (exact) mass is 435 g/mol. The number of benzene rings is 1. The van der Waals surface area contributed by atoms with E-state index in [1.165, 1.54) is 24.3 Å². The molecule has 2 N–H and O–H groups in total. The van der Waals surface area contributed by atoms with Gasteiger partial charge < -0.3 is 20.3 Å². The Balaban J connectivity index is 1.96. The van der Waals surface area contributed by atoms with Gasteiger partial charge in [-0.1, -0.05) is 13.8 Å². The number of nitrogens with one attached hydrogen (secondary N) is 2. The summed E-state index contributed by atoms with van der Waals surface area (Å²) in [6, 6.07) is 4.37. The molecular formula is C23H34FN3O4. The summed E-state index contributed by atoms with van der Waals surface area (Å²) in [5, 5.41) is 5.64. The van der Waals surface area contributed by atoms with Gasteiger partial charge in [-0.05, 0) is 70.2 Å². The van der Waals surface area contributed by atoms with E-state index in [2.05, 4.69) is 10.6 Å².